The van der Waals surface area contributed by atoms with Crippen LogP contribution in [0.5, 0.6) is 5.75 Å². The van der Waals surface area contributed by atoms with Crippen LogP contribution < -0.4 is 15.4 Å². The fraction of sp³-hybridized carbons (Fsp3) is 0.154. The maximum absolute atomic E-state index is 12.8. The van der Waals surface area contributed by atoms with E-state index in [1.807, 2.05) is 0 Å². The molecule has 3 aromatic rings. The van der Waals surface area contributed by atoms with E-state index in [4.69, 9.17) is 62.7 Å². The summed E-state index contributed by atoms with van der Waals surface area (Å²) in [5.74, 6) is -1.26. The number of hydrogen-bond donors (Lipinski definition) is 2. The number of nitrogens with one attached hydrogen (secondary N) is 2. The Morgan fingerprint density at radius 1 is 0.925 bits per heavy atom. The minimum atomic E-state index is -1.41. The summed E-state index contributed by atoms with van der Waals surface area (Å²) in [5.41, 5.74) is 2.12. The predicted molar refractivity (Wildman–Crippen MR) is 157 cm³/mol. The van der Waals surface area contributed by atoms with Crippen LogP contribution in [0.2, 0.25) is 25.1 Å². The fourth-order valence-corrected chi connectivity index (χ4v) is 4.86. The number of rotatable bonds is 7. The Labute approximate surface area is 253 Å². The van der Waals surface area contributed by atoms with E-state index in [0.717, 1.165) is 0 Å². The number of ether oxygens (including phenoxy) is 1. The molecule has 14 heteroatoms. The molecule has 0 aromatic heterocycles. The molecule has 2 amide bonds. The number of carbonyl (C=O) groups is 3. The molecule has 1 atom stereocenters. The normalized spacial score (nSPS) is 14.3. The first kappa shape index (κ1) is 29.8. The molecule has 2 N–H and O–H groups in total. The van der Waals surface area contributed by atoms with Gasteiger partial charge in [-0.1, -0.05) is 58.0 Å². The van der Waals surface area contributed by atoms with Crippen molar-refractivity contribution in [2.24, 2.45) is 15.2 Å². The Kier molecular flexibility index (Phi) is 9.02. The quantitative estimate of drug-likeness (QED) is 0.118. The molecule has 9 nitrogen and oxygen atoms in total. The number of anilines is 1. The number of amides is 2. The van der Waals surface area contributed by atoms with Crippen LogP contribution >= 0.6 is 58.0 Å². The minimum absolute atomic E-state index is 0.000691. The van der Waals surface area contributed by atoms with E-state index in [9.17, 15) is 14.4 Å². The number of benzene rings is 3. The number of hydrogen-bond acceptors (Lipinski definition) is 7. The summed E-state index contributed by atoms with van der Waals surface area (Å²) in [5, 5.41) is 13.7. The van der Waals surface area contributed by atoms with Gasteiger partial charge in [-0.05, 0) is 49.7 Å². The molecule has 40 heavy (non-hydrogen) atoms. The number of azo groups is 1. The number of carbonyl (C=O) groups excluding carboxylic acids is 3. The molecule has 1 aliphatic heterocycles. The summed E-state index contributed by atoms with van der Waals surface area (Å²) in [6, 6.07) is 8.07. The molecule has 206 valence electrons. The summed E-state index contributed by atoms with van der Waals surface area (Å²) in [4.78, 5) is 41.9. The zero-order valence-electron chi connectivity index (χ0n) is 20.9. The lowest BCUT2D eigenvalue weighted by Crippen LogP contribution is -2.32. The molecule has 0 aliphatic carbocycles. The first-order valence-corrected chi connectivity index (χ1v) is 13.2. The van der Waals surface area contributed by atoms with Crippen molar-refractivity contribution < 1.29 is 19.1 Å². The highest BCUT2D eigenvalue weighted by molar-refractivity contribution is 6.55. The molecular weight excluding hydrogens is 624 g/mol. The molecule has 0 saturated heterocycles. The summed E-state index contributed by atoms with van der Waals surface area (Å²) >= 11 is 30.9. The Morgan fingerprint density at radius 2 is 1.52 bits per heavy atom. The largest absolute Gasteiger partial charge is 0.495 e. The third-order valence-electron chi connectivity index (χ3n) is 5.71. The van der Waals surface area contributed by atoms with E-state index < -0.39 is 23.6 Å². The summed E-state index contributed by atoms with van der Waals surface area (Å²) in [6.45, 7) is 3.00. The Hall–Kier alpha value is -3.21. The van der Waals surface area contributed by atoms with Gasteiger partial charge in [-0.2, -0.15) is 10.2 Å². The zero-order valence-corrected chi connectivity index (χ0v) is 24.7. The number of fused-ring (bicyclic) bond motifs is 1. The number of aryl methyl sites for hydroxylation is 1. The molecular formula is C26H18Cl5N5O4. The molecule has 0 spiro atoms. The first-order chi connectivity index (χ1) is 18.9. The van der Waals surface area contributed by atoms with Crippen LogP contribution in [-0.4, -0.2) is 36.6 Å². The highest BCUT2D eigenvalue weighted by Gasteiger charge is 2.34. The summed E-state index contributed by atoms with van der Waals surface area (Å²) < 4.78 is 5.26. The maximum atomic E-state index is 12.8. The van der Waals surface area contributed by atoms with Crippen LogP contribution in [0.15, 0.2) is 51.6 Å². The molecule has 0 radical (unpaired) electrons. The van der Waals surface area contributed by atoms with Gasteiger partial charge < -0.3 is 15.4 Å². The maximum Gasteiger partial charge on any atom is 0.259 e. The number of nitrogens with zero attached hydrogens (tertiary/aromatic N) is 3. The second kappa shape index (κ2) is 12.1. The standard InChI is InChI=1S/C26H18Cl5N5O4/c1-10-8-15(16(40-3)9-14(10)27)33-26(39)23(11(2)37)36-35-13-6-4-12(5-7-13)32-24-17-18(25(38)34-24)20(29)22(31)21(30)19(17)28/h4-9,23H,1-3H3,(H,33,39)(H,32,34,38). The van der Waals surface area contributed by atoms with Gasteiger partial charge in [-0.25, -0.2) is 4.99 Å². The van der Waals surface area contributed by atoms with Crippen molar-refractivity contribution in [1.29, 1.82) is 0 Å². The van der Waals surface area contributed by atoms with Gasteiger partial charge in [-0.3, -0.25) is 14.4 Å². The summed E-state index contributed by atoms with van der Waals surface area (Å²) in [6.07, 6.45) is 0. The van der Waals surface area contributed by atoms with E-state index in [-0.39, 0.29) is 37.1 Å². The van der Waals surface area contributed by atoms with Gasteiger partial charge in [0.25, 0.3) is 11.8 Å². The number of amidine groups is 1. The van der Waals surface area contributed by atoms with E-state index in [2.05, 4.69) is 25.9 Å². The number of methoxy groups -OCH3 is 1. The highest BCUT2D eigenvalue weighted by atomic mass is 35.5. The topological polar surface area (TPSA) is 122 Å². The molecule has 3 aromatic carbocycles. The van der Waals surface area contributed by atoms with Crippen LogP contribution in [0.25, 0.3) is 0 Å². The lowest BCUT2D eigenvalue weighted by atomic mass is 10.1. The molecule has 4 rings (SSSR count). The van der Waals surface area contributed by atoms with Crippen LogP contribution in [0, 0.1) is 6.92 Å². The molecule has 0 bridgehead atoms. The molecule has 1 aliphatic rings. The van der Waals surface area contributed by atoms with E-state index in [1.165, 1.54) is 14.0 Å². The number of halogens is 5. The molecule has 1 heterocycles. The van der Waals surface area contributed by atoms with Crippen LogP contribution in [0.4, 0.5) is 17.1 Å². The van der Waals surface area contributed by atoms with Gasteiger partial charge >= 0.3 is 0 Å². The van der Waals surface area contributed by atoms with Crippen LogP contribution in [0.1, 0.15) is 28.4 Å². The Morgan fingerprint density at radius 3 is 2.12 bits per heavy atom. The second-order valence-electron chi connectivity index (χ2n) is 8.46. The SMILES string of the molecule is COc1cc(Cl)c(C)cc1NC(=O)C(N=Nc1ccc(N=C2NC(=O)c3c(Cl)c(Cl)c(Cl)c(Cl)c32)cc1)C(C)=O. The summed E-state index contributed by atoms with van der Waals surface area (Å²) in [7, 11) is 1.43. The van der Waals surface area contributed by atoms with Crippen molar-refractivity contribution >= 4 is 98.5 Å². The molecule has 0 fully saturated rings. The fourth-order valence-electron chi connectivity index (χ4n) is 3.68. The van der Waals surface area contributed by atoms with Crippen molar-refractivity contribution in [3.63, 3.8) is 0 Å². The Balaban J connectivity index is 1.55. The van der Waals surface area contributed by atoms with Crippen LogP contribution in [0.3, 0.4) is 0 Å². The van der Waals surface area contributed by atoms with E-state index in [1.54, 1.807) is 43.3 Å². The van der Waals surface area contributed by atoms with Crippen molar-refractivity contribution in [2.45, 2.75) is 19.9 Å². The zero-order chi connectivity index (χ0) is 29.3. The highest BCUT2D eigenvalue weighted by Crippen LogP contribution is 2.43. The van der Waals surface area contributed by atoms with E-state index >= 15 is 0 Å². The van der Waals surface area contributed by atoms with Crippen molar-refractivity contribution in [2.75, 3.05) is 12.4 Å². The third kappa shape index (κ3) is 5.94. The minimum Gasteiger partial charge on any atom is -0.495 e. The van der Waals surface area contributed by atoms with E-state index in [0.29, 0.717) is 33.4 Å². The first-order valence-electron chi connectivity index (χ1n) is 11.4. The molecule has 0 saturated carbocycles. The van der Waals surface area contributed by atoms with Gasteiger partial charge in [-0.15, -0.1) is 0 Å². The third-order valence-corrected chi connectivity index (χ3v) is 7.92. The molecule has 1 unspecified atom stereocenters. The number of Topliss-reactive ketones (excluding diaryl/α,β-unsaturated/α-hetero) is 1. The average molecular weight is 642 g/mol. The van der Waals surface area contributed by atoms with Gasteiger partial charge in [0.15, 0.2) is 5.78 Å². The second-order valence-corrected chi connectivity index (χ2v) is 10.4. The Bertz CT molecular complexity index is 1620. The number of aliphatic imine (C=N–C) groups is 1. The van der Waals surface area contributed by atoms with Gasteiger partial charge in [0.05, 0.1) is 55.4 Å². The lowest BCUT2D eigenvalue weighted by Gasteiger charge is -2.14. The van der Waals surface area contributed by atoms with Gasteiger partial charge in [0, 0.05) is 11.1 Å². The van der Waals surface area contributed by atoms with Crippen molar-refractivity contribution in [3.05, 3.63) is 78.2 Å². The number of ketones is 1. The van der Waals surface area contributed by atoms with Crippen molar-refractivity contribution in [3.8, 4) is 5.75 Å². The van der Waals surface area contributed by atoms with Crippen LogP contribution in [-0.2, 0) is 9.59 Å². The average Bonchev–Trinajstić information content (AvgIpc) is 3.24. The van der Waals surface area contributed by atoms with Crippen molar-refractivity contribution in [1.82, 2.24) is 5.32 Å². The van der Waals surface area contributed by atoms with Gasteiger partial charge in [0.2, 0.25) is 6.04 Å². The van der Waals surface area contributed by atoms with Gasteiger partial charge in [0.1, 0.15) is 11.6 Å². The monoisotopic (exact) mass is 639 g/mol. The predicted octanol–water partition coefficient (Wildman–Crippen LogP) is 7.77. The lowest BCUT2D eigenvalue weighted by molar-refractivity contribution is -0.126. The smallest absolute Gasteiger partial charge is 0.259 e.